The normalized spacial score (nSPS) is 10.4. The molecule has 4 nitrogen and oxygen atoms in total. The highest BCUT2D eigenvalue weighted by Crippen LogP contribution is 2.10. The van der Waals surface area contributed by atoms with Crippen LogP contribution >= 0.6 is 0 Å². The minimum Gasteiger partial charge on any atom is -0.481 e. The molecule has 0 amide bonds. The fraction of sp³-hybridized carbons (Fsp3) is 0.250. The molecule has 0 atom stereocenters. The van der Waals surface area contributed by atoms with Gasteiger partial charge in [0.1, 0.15) is 0 Å². The molecular formula is C16H18N2O2. The van der Waals surface area contributed by atoms with Gasteiger partial charge >= 0.3 is 5.97 Å². The van der Waals surface area contributed by atoms with Crippen molar-refractivity contribution in [1.82, 2.24) is 10.3 Å². The second-order valence-corrected chi connectivity index (χ2v) is 4.74. The van der Waals surface area contributed by atoms with Gasteiger partial charge in [0.25, 0.3) is 0 Å². The first kappa shape index (κ1) is 14.2. The van der Waals surface area contributed by atoms with E-state index in [9.17, 15) is 4.79 Å². The molecule has 0 saturated heterocycles. The van der Waals surface area contributed by atoms with Crippen molar-refractivity contribution in [3.8, 4) is 0 Å². The predicted molar refractivity (Wildman–Crippen MR) is 77.3 cm³/mol. The number of carboxylic acid groups (broad SMARTS) is 1. The Morgan fingerprint density at radius 3 is 2.55 bits per heavy atom. The van der Waals surface area contributed by atoms with Gasteiger partial charge in [-0.3, -0.25) is 9.78 Å². The van der Waals surface area contributed by atoms with Crippen LogP contribution in [0.3, 0.4) is 0 Å². The number of carbonyl (C=O) groups is 1. The highest BCUT2D eigenvalue weighted by atomic mass is 16.4. The van der Waals surface area contributed by atoms with Gasteiger partial charge in [-0.1, -0.05) is 24.3 Å². The van der Waals surface area contributed by atoms with Gasteiger partial charge in [0, 0.05) is 25.5 Å². The smallest absolute Gasteiger partial charge is 0.307 e. The summed E-state index contributed by atoms with van der Waals surface area (Å²) in [5, 5.41) is 12.2. The van der Waals surface area contributed by atoms with Crippen LogP contribution < -0.4 is 5.32 Å². The van der Waals surface area contributed by atoms with E-state index in [1.54, 1.807) is 6.20 Å². The Morgan fingerprint density at radius 1 is 1.15 bits per heavy atom. The number of hydrogen-bond donors (Lipinski definition) is 2. The molecule has 0 unspecified atom stereocenters. The lowest BCUT2D eigenvalue weighted by Gasteiger charge is -2.10. The first-order valence-corrected chi connectivity index (χ1v) is 6.55. The van der Waals surface area contributed by atoms with E-state index in [2.05, 4.69) is 17.2 Å². The molecule has 0 aliphatic rings. The molecule has 104 valence electrons. The molecule has 1 heterocycles. The Morgan fingerprint density at radius 2 is 1.85 bits per heavy atom. The summed E-state index contributed by atoms with van der Waals surface area (Å²) < 4.78 is 0. The molecule has 4 heteroatoms. The second kappa shape index (κ2) is 6.82. The number of aromatic nitrogens is 1. The molecule has 0 bridgehead atoms. The van der Waals surface area contributed by atoms with Crippen molar-refractivity contribution in [2.45, 2.75) is 26.4 Å². The third kappa shape index (κ3) is 3.90. The van der Waals surface area contributed by atoms with Crippen molar-refractivity contribution >= 4 is 5.97 Å². The van der Waals surface area contributed by atoms with E-state index in [0.717, 1.165) is 23.2 Å². The molecule has 0 aliphatic carbocycles. The molecule has 0 fully saturated rings. The molecule has 2 rings (SSSR count). The third-order valence-corrected chi connectivity index (χ3v) is 3.24. The molecule has 1 aromatic heterocycles. The maximum Gasteiger partial charge on any atom is 0.307 e. The molecule has 0 radical (unpaired) electrons. The number of nitrogens with one attached hydrogen (secondary N) is 1. The van der Waals surface area contributed by atoms with Crippen LogP contribution in [-0.2, 0) is 24.3 Å². The summed E-state index contributed by atoms with van der Waals surface area (Å²) in [5.74, 6) is -0.805. The number of carboxylic acids is 1. The SMILES string of the molecule is Cc1ccncc1CNCc1ccccc1CC(=O)O. The lowest BCUT2D eigenvalue weighted by molar-refractivity contribution is -0.136. The summed E-state index contributed by atoms with van der Waals surface area (Å²) in [6.45, 7) is 3.43. The van der Waals surface area contributed by atoms with Crippen LogP contribution in [0.4, 0.5) is 0 Å². The fourth-order valence-corrected chi connectivity index (χ4v) is 2.08. The molecule has 20 heavy (non-hydrogen) atoms. The van der Waals surface area contributed by atoms with Gasteiger partial charge in [0.2, 0.25) is 0 Å². The molecule has 0 spiro atoms. The van der Waals surface area contributed by atoms with E-state index in [-0.39, 0.29) is 6.42 Å². The minimum absolute atomic E-state index is 0.0593. The van der Waals surface area contributed by atoms with Gasteiger partial charge < -0.3 is 10.4 Å². The minimum atomic E-state index is -0.805. The summed E-state index contributed by atoms with van der Waals surface area (Å²) in [4.78, 5) is 14.9. The molecule has 1 aromatic carbocycles. The van der Waals surface area contributed by atoms with Crippen molar-refractivity contribution in [2.24, 2.45) is 0 Å². The lowest BCUT2D eigenvalue weighted by Crippen LogP contribution is -2.15. The average molecular weight is 270 g/mol. The molecule has 2 N–H and O–H groups in total. The van der Waals surface area contributed by atoms with Crippen LogP contribution in [-0.4, -0.2) is 16.1 Å². The third-order valence-electron chi connectivity index (χ3n) is 3.24. The zero-order chi connectivity index (χ0) is 14.4. The van der Waals surface area contributed by atoms with Crippen LogP contribution in [0.15, 0.2) is 42.7 Å². The molecule has 2 aromatic rings. The first-order chi connectivity index (χ1) is 9.66. The average Bonchev–Trinajstić information content (AvgIpc) is 2.42. The van der Waals surface area contributed by atoms with Gasteiger partial charge in [-0.15, -0.1) is 0 Å². The number of benzene rings is 1. The van der Waals surface area contributed by atoms with Crippen LogP contribution in [0.1, 0.15) is 22.3 Å². The Kier molecular flexibility index (Phi) is 4.85. The van der Waals surface area contributed by atoms with Gasteiger partial charge in [-0.25, -0.2) is 0 Å². The number of hydrogen-bond acceptors (Lipinski definition) is 3. The van der Waals surface area contributed by atoms with Crippen molar-refractivity contribution in [3.63, 3.8) is 0 Å². The highest BCUT2D eigenvalue weighted by molar-refractivity contribution is 5.70. The predicted octanol–water partition coefficient (Wildman–Crippen LogP) is 2.31. The number of rotatable bonds is 6. The summed E-state index contributed by atoms with van der Waals surface area (Å²) in [7, 11) is 0. The van der Waals surface area contributed by atoms with Crippen molar-refractivity contribution in [3.05, 3.63) is 65.0 Å². The summed E-state index contributed by atoms with van der Waals surface area (Å²) in [5.41, 5.74) is 4.24. The zero-order valence-corrected chi connectivity index (χ0v) is 11.5. The van der Waals surface area contributed by atoms with Gasteiger partial charge in [0.05, 0.1) is 6.42 Å². The Hall–Kier alpha value is -2.20. The van der Waals surface area contributed by atoms with E-state index in [4.69, 9.17) is 5.11 Å². The number of aryl methyl sites for hydroxylation is 1. The Balaban J connectivity index is 1.97. The van der Waals surface area contributed by atoms with E-state index in [1.165, 1.54) is 5.56 Å². The highest BCUT2D eigenvalue weighted by Gasteiger charge is 2.06. The van der Waals surface area contributed by atoms with E-state index in [0.29, 0.717) is 6.54 Å². The molecular weight excluding hydrogens is 252 g/mol. The van der Waals surface area contributed by atoms with Crippen molar-refractivity contribution < 1.29 is 9.90 Å². The zero-order valence-electron chi connectivity index (χ0n) is 11.5. The van der Waals surface area contributed by atoms with Crippen LogP contribution in [0.25, 0.3) is 0 Å². The van der Waals surface area contributed by atoms with E-state index >= 15 is 0 Å². The van der Waals surface area contributed by atoms with Gasteiger partial charge in [-0.2, -0.15) is 0 Å². The second-order valence-electron chi connectivity index (χ2n) is 4.74. The van der Waals surface area contributed by atoms with E-state index in [1.807, 2.05) is 36.5 Å². The summed E-state index contributed by atoms with van der Waals surface area (Å²) in [6, 6.07) is 9.60. The quantitative estimate of drug-likeness (QED) is 0.845. The number of nitrogens with zero attached hydrogens (tertiary/aromatic N) is 1. The monoisotopic (exact) mass is 270 g/mol. The largest absolute Gasteiger partial charge is 0.481 e. The first-order valence-electron chi connectivity index (χ1n) is 6.55. The lowest BCUT2D eigenvalue weighted by atomic mass is 10.0. The van der Waals surface area contributed by atoms with Crippen molar-refractivity contribution in [2.75, 3.05) is 0 Å². The van der Waals surface area contributed by atoms with Crippen LogP contribution in [0, 0.1) is 6.92 Å². The maximum absolute atomic E-state index is 10.8. The van der Waals surface area contributed by atoms with Crippen molar-refractivity contribution in [1.29, 1.82) is 0 Å². The van der Waals surface area contributed by atoms with Gasteiger partial charge in [-0.05, 0) is 35.2 Å². The van der Waals surface area contributed by atoms with Crippen LogP contribution in [0.5, 0.6) is 0 Å². The number of aliphatic carboxylic acids is 1. The summed E-state index contributed by atoms with van der Waals surface area (Å²) >= 11 is 0. The maximum atomic E-state index is 10.8. The summed E-state index contributed by atoms with van der Waals surface area (Å²) in [6.07, 6.45) is 3.69. The molecule has 0 saturated carbocycles. The number of pyridine rings is 1. The standard InChI is InChI=1S/C16H18N2O2/c1-12-6-7-17-10-15(12)11-18-9-14-5-3-2-4-13(14)8-16(19)20/h2-7,10,18H,8-9,11H2,1H3,(H,19,20). The topological polar surface area (TPSA) is 62.2 Å². The van der Waals surface area contributed by atoms with E-state index < -0.39 is 5.97 Å². The Labute approximate surface area is 118 Å². The van der Waals surface area contributed by atoms with Crippen LogP contribution in [0.2, 0.25) is 0 Å². The fourth-order valence-electron chi connectivity index (χ4n) is 2.08. The molecule has 0 aliphatic heterocycles. The van der Waals surface area contributed by atoms with Gasteiger partial charge in [0.15, 0.2) is 0 Å². The Bertz CT molecular complexity index is 597.